The number of nitrogens with zero attached hydrogens (tertiary/aromatic N) is 4. The second-order valence-electron chi connectivity index (χ2n) is 10.5. The van der Waals surface area contributed by atoms with E-state index in [1.54, 1.807) is 17.4 Å². The molecule has 4 heterocycles. The Bertz CT molecular complexity index is 2330. The normalized spacial score (nSPS) is 14.7. The summed E-state index contributed by atoms with van der Waals surface area (Å²) in [5, 5.41) is 0. The van der Waals surface area contributed by atoms with Crippen molar-refractivity contribution in [2.45, 2.75) is 29.1 Å². The molecular weight excluding hydrogens is 749 g/mol. The Morgan fingerprint density at radius 3 is 1.66 bits per heavy atom. The van der Waals surface area contributed by atoms with E-state index in [1.807, 2.05) is 26.0 Å². The molecule has 0 saturated carbocycles. The van der Waals surface area contributed by atoms with Gasteiger partial charge in [-0.05, 0) is 84.3 Å². The van der Waals surface area contributed by atoms with Gasteiger partial charge in [0.2, 0.25) is 0 Å². The molecule has 244 valence electrons. The smallest absolute Gasteiger partial charge is 0.172 e. The third-order valence-corrected chi connectivity index (χ3v) is 12.8. The van der Waals surface area contributed by atoms with Crippen LogP contribution < -0.4 is 0 Å². The lowest BCUT2D eigenvalue weighted by atomic mass is 10.0. The predicted molar refractivity (Wildman–Crippen MR) is 179 cm³/mol. The van der Waals surface area contributed by atoms with Gasteiger partial charge in [-0.1, -0.05) is 43.7 Å². The summed E-state index contributed by atoms with van der Waals surface area (Å²) in [7, 11) is -10.5. The molecule has 1 aliphatic rings. The summed E-state index contributed by atoms with van der Waals surface area (Å²) < 4.78 is 127. The van der Waals surface area contributed by atoms with Crippen molar-refractivity contribution in [3.05, 3.63) is 71.8 Å². The summed E-state index contributed by atoms with van der Waals surface area (Å²) in [6, 6.07) is 14.7. The van der Waals surface area contributed by atoms with Crippen molar-refractivity contribution >= 4 is 90.2 Å². The quantitative estimate of drug-likeness (QED) is 0.125. The highest BCUT2D eigenvalue weighted by Crippen LogP contribution is 3.02. The third-order valence-electron chi connectivity index (χ3n) is 7.29. The van der Waals surface area contributed by atoms with Gasteiger partial charge in [-0.25, -0.2) is 0 Å². The zero-order chi connectivity index (χ0) is 33.6. The molecule has 0 radical (unpaired) electrons. The van der Waals surface area contributed by atoms with E-state index >= 15 is 0 Å². The molecule has 3 aromatic carbocycles. The minimum atomic E-state index is -10.5. The van der Waals surface area contributed by atoms with E-state index in [-0.39, 0.29) is 16.5 Å². The molecule has 4 nitrogen and oxygen atoms in total. The van der Waals surface area contributed by atoms with E-state index in [0.717, 1.165) is 66.9 Å². The molecular formula is C29H16F8N4S6. The number of aromatic nitrogens is 2. The fraction of sp³-hybridized carbons (Fsp3) is 0.103. The summed E-state index contributed by atoms with van der Waals surface area (Å²) in [6.45, 7) is 4.09. The van der Waals surface area contributed by atoms with Gasteiger partial charge in [0.05, 0.1) is 23.1 Å². The van der Waals surface area contributed by atoms with Gasteiger partial charge in [0.1, 0.15) is 27.3 Å². The second-order valence-corrected chi connectivity index (χ2v) is 17.2. The Hall–Kier alpha value is -3.16. The molecule has 1 aliphatic heterocycles. The van der Waals surface area contributed by atoms with Crippen LogP contribution >= 0.6 is 56.4 Å². The van der Waals surface area contributed by atoms with Gasteiger partial charge in [0, 0.05) is 35.5 Å². The summed E-state index contributed by atoms with van der Waals surface area (Å²) in [5.74, 6) is 0. The monoisotopic (exact) mass is 764 g/mol. The van der Waals surface area contributed by atoms with Crippen molar-refractivity contribution in [1.82, 2.24) is 8.75 Å². The number of hydrogen-bond acceptors (Lipinski definition) is 8. The molecule has 7 rings (SSSR count). The minimum absolute atomic E-state index is 0.0816. The maximum atomic E-state index is 13.9. The highest BCUT2D eigenvalue weighted by atomic mass is 32.5. The van der Waals surface area contributed by atoms with Crippen LogP contribution in [0, 0.1) is 13.8 Å². The number of hydrogen-bond donors (Lipinski definition) is 0. The number of rotatable bonds is 6. The molecule has 0 amide bonds. The average Bonchev–Trinajstić information content (AvgIpc) is 3.78. The molecule has 0 unspecified atom stereocenters. The fourth-order valence-electron chi connectivity index (χ4n) is 5.05. The summed E-state index contributed by atoms with van der Waals surface area (Å²) in [6.07, 6.45) is 0. The first-order chi connectivity index (χ1) is 21.9. The Balaban J connectivity index is 1.33. The van der Waals surface area contributed by atoms with Crippen LogP contribution in [0.15, 0.2) is 79.2 Å². The van der Waals surface area contributed by atoms with Crippen LogP contribution in [0.5, 0.6) is 0 Å². The average molecular weight is 765 g/mol. The van der Waals surface area contributed by atoms with E-state index in [0.29, 0.717) is 38.9 Å². The first-order valence-corrected chi connectivity index (χ1v) is 19.1. The highest BCUT2D eigenvalue weighted by molar-refractivity contribution is 8.46. The van der Waals surface area contributed by atoms with Gasteiger partial charge in [-0.15, -0.1) is 22.7 Å². The molecule has 0 atom stereocenters. The fourth-order valence-corrected chi connectivity index (χ4v) is 10.2. The maximum Gasteiger partial charge on any atom is 0.446 e. The van der Waals surface area contributed by atoms with Crippen LogP contribution in [-0.2, 0) is 11.4 Å². The number of thioether (sulfide) groups is 1. The zero-order valence-corrected chi connectivity index (χ0v) is 28.4. The zero-order valence-electron chi connectivity index (χ0n) is 23.5. The highest BCUT2D eigenvalue weighted by Gasteiger charge is 2.67. The minimum Gasteiger partial charge on any atom is -0.172 e. The summed E-state index contributed by atoms with van der Waals surface area (Å²) in [5.41, 5.74) is 1.18. The van der Waals surface area contributed by atoms with Crippen LogP contribution in [0.3, 0.4) is 0 Å². The second kappa shape index (κ2) is 10.4. The Morgan fingerprint density at radius 2 is 1.15 bits per heavy atom. The van der Waals surface area contributed by atoms with Gasteiger partial charge < -0.3 is 0 Å². The SMILES string of the molecule is Cc1ccc(-c2ccc(-c3c4c(c(-c5ccc(-c6ccc(SC(F)(F)F)c(S(F)(F)(F)(F)F)c6)s5)c5nsnc35)N=S=N4)s2)cc1C. The van der Waals surface area contributed by atoms with Crippen molar-refractivity contribution < 1.29 is 32.6 Å². The largest absolute Gasteiger partial charge is 0.446 e. The van der Waals surface area contributed by atoms with Crippen molar-refractivity contribution in [3.63, 3.8) is 0 Å². The Kier molecular flexibility index (Phi) is 7.18. The van der Waals surface area contributed by atoms with Crippen molar-refractivity contribution in [2.24, 2.45) is 8.73 Å². The van der Waals surface area contributed by atoms with Crippen LogP contribution in [0.4, 0.5) is 44.0 Å². The molecule has 18 heteroatoms. The Morgan fingerprint density at radius 1 is 0.638 bits per heavy atom. The van der Waals surface area contributed by atoms with E-state index in [9.17, 15) is 32.6 Å². The van der Waals surface area contributed by atoms with Gasteiger partial charge in [-0.3, -0.25) is 0 Å². The summed E-state index contributed by atoms with van der Waals surface area (Å²) >= 11 is 3.21. The van der Waals surface area contributed by atoms with Crippen LogP contribution in [0.2, 0.25) is 0 Å². The van der Waals surface area contributed by atoms with Gasteiger partial charge in [0.15, 0.2) is 0 Å². The molecule has 0 N–H and O–H groups in total. The predicted octanol–water partition coefficient (Wildman–Crippen LogP) is 14.1. The lowest BCUT2D eigenvalue weighted by Gasteiger charge is -2.41. The molecule has 0 saturated heterocycles. The molecule has 47 heavy (non-hydrogen) atoms. The molecule has 0 aliphatic carbocycles. The van der Waals surface area contributed by atoms with Crippen molar-refractivity contribution in [2.75, 3.05) is 0 Å². The number of thiophene rings is 2. The molecule has 6 aromatic rings. The van der Waals surface area contributed by atoms with E-state index in [4.69, 9.17) is 0 Å². The number of alkyl halides is 3. The number of fused-ring (bicyclic) bond motifs is 2. The van der Waals surface area contributed by atoms with Gasteiger partial charge >= 0.3 is 15.7 Å². The molecule has 3 aromatic heterocycles. The van der Waals surface area contributed by atoms with E-state index in [1.165, 1.54) is 11.6 Å². The van der Waals surface area contributed by atoms with Crippen LogP contribution in [0.25, 0.3) is 52.8 Å². The number of benzene rings is 3. The van der Waals surface area contributed by atoms with E-state index in [2.05, 4.69) is 35.7 Å². The number of aryl methyl sites for hydroxylation is 2. The first kappa shape index (κ1) is 32.4. The topological polar surface area (TPSA) is 50.5 Å². The molecule has 0 fully saturated rings. The maximum absolute atomic E-state index is 13.9. The van der Waals surface area contributed by atoms with Crippen LogP contribution in [0.1, 0.15) is 11.1 Å². The van der Waals surface area contributed by atoms with E-state index < -0.39 is 37.3 Å². The molecule has 0 bridgehead atoms. The first-order valence-electron chi connectivity index (χ1n) is 13.2. The lowest BCUT2D eigenvalue weighted by molar-refractivity contribution is -0.0329. The van der Waals surface area contributed by atoms with Crippen molar-refractivity contribution in [1.29, 1.82) is 0 Å². The van der Waals surface area contributed by atoms with Crippen molar-refractivity contribution in [3.8, 4) is 41.8 Å². The third kappa shape index (κ3) is 6.14. The van der Waals surface area contributed by atoms with Crippen LogP contribution in [-0.4, -0.2) is 14.3 Å². The Labute approximate surface area is 281 Å². The van der Waals surface area contributed by atoms with Gasteiger partial charge in [-0.2, -0.15) is 30.6 Å². The number of halogens is 8. The van der Waals surface area contributed by atoms with Gasteiger partial charge in [0.25, 0.3) is 0 Å². The standard InChI is InChI=1S/C29H16F8N4S6/c1-13-3-4-15(11-14(13)2)17-7-9-20(42-17)23-25-27(40-45-38-25)24(28-26(23)39-46-41-28)21-10-8-18(43-21)16-5-6-19(44-29(30,31)32)22(12-16)47(33,34,35,36)37/h3-12H,1-2H3. The molecule has 0 spiro atoms. The summed E-state index contributed by atoms with van der Waals surface area (Å²) in [4.78, 5) is -1.67. The lowest BCUT2D eigenvalue weighted by Crippen LogP contribution is -2.10.